The molecule has 0 radical (unpaired) electrons. The van der Waals surface area contributed by atoms with E-state index < -0.39 is 5.97 Å². The van der Waals surface area contributed by atoms with Crippen LogP contribution >= 0.6 is 0 Å². The fraction of sp³-hybridized carbons (Fsp3) is 0.250. The summed E-state index contributed by atoms with van der Waals surface area (Å²) in [7, 11) is 1.33. The van der Waals surface area contributed by atoms with Gasteiger partial charge in [-0.05, 0) is 25.1 Å². The van der Waals surface area contributed by atoms with E-state index in [1.165, 1.54) is 7.11 Å². The highest BCUT2D eigenvalue weighted by Crippen LogP contribution is 2.11. The van der Waals surface area contributed by atoms with Crippen LogP contribution in [0.1, 0.15) is 17.3 Å². The maximum atomic E-state index is 11.4. The van der Waals surface area contributed by atoms with E-state index in [0.717, 1.165) is 0 Å². The zero-order valence-corrected chi connectivity index (χ0v) is 10.2. The van der Waals surface area contributed by atoms with Crippen LogP contribution in [0, 0.1) is 6.57 Å². The number of hydrogen-bond donors (Lipinski definition) is 2. The number of methoxy groups -OCH3 is 1. The average Bonchev–Trinajstić information content (AvgIpc) is 2.39. The molecule has 1 aromatic rings. The molecule has 6 nitrogen and oxygen atoms in total. The third-order valence-electron chi connectivity index (χ3n) is 2.02. The molecule has 0 spiro atoms. The number of nitrogens with zero attached hydrogens (tertiary/aromatic N) is 2. The molecule has 0 heterocycles. The van der Waals surface area contributed by atoms with Crippen molar-refractivity contribution in [2.45, 2.75) is 6.92 Å². The molecule has 6 heteroatoms. The van der Waals surface area contributed by atoms with Gasteiger partial charge in [-0.1, -0.05) is 11.5 Å². The van der Waals surface area contributed by atoms with Gasteiger partial charge in [0.15, 0.2) is 0 Å². The number of anilines is 1. The predicted molar refractivity (Wildman–Crippen MR) is 69.1 cm³/mol. The summed E-state index contributed by atoms with van der Waals surface area (Å²) < 4.78 is 4.63. The number of hydrogen-bond acceptors (Lipinski definition) is 3. The van der Waals surface area contributed by atoms with Gasteiger partial charge in [0.2, 0.25) is 0 Å². The molecule has 1 aromatic carbocycles. The number of esters is 1. The van der Waals surface area contributed by atoms with Gasteiger partial charge in [-0.25, -0.2) is 9.79 Å². The standard InChI is InChI=1S/C12H14N4O2/c1-4-14-12(16-13-2)15-10-7-5-6-9(8-10)11(17)18-3/h5-8H,4H2,1,3H3,(H2,14,15,16). The summed E-state index contributed by atoms with van der Waals surface area (Å²) in [6.45, 7) is 9.14. The zero-order valence-electron chi connectivity index (χ0n) is 10.2. The summed E-state index contributed by atoms with van der Waals surface area (Å²) in [6, 6.07) is 6.76. The summed E-state index contributed by atoms with van der Waals surface area (Å²) >= 11 is 0. The smallest absolute Gasteiger partial charge is 0.337 e. The Labute approximate surface area is 105 Å². The van der Waals surface area contributed by atoms with Crippen LogP contribution in [0.15, 0.2) is 29.3 Å². The quantitative estimate of drug-likeness (QED) is 0.280. The molecule has 0 aliphatic rings. The van der Waals surface area contributed by atoms with Gasteiger partial charge in [0.05, 0.1) is 12.7 Å². The van der Waals surface area contributed by atoms with Gasteiger partial charge < -0.3 is 10.1 Å². The number of nitrogens with one attached hydrogen (secondary N) is 2. The van der Waals surface area contributed by atoms with Crippen LogP contribution in [-0.4, -0.2) is 25.6 Å². The maximum absolute atomic E-state index is 11.4. The summed E-state index contributed by atoms with van der Waals surface area (Å²) in [6.07, 6.45) is 0. The number of ether oxygens (including phenoxy) is 1. The summed E-state index contributed by atoms with van der Waals surface area (Å²) in [5.74, 6) is -0.0692. The van der Waals surface area contributed by atoms with Crippen molar-refractivity contribution in [3.05, 3.63) is 41.4 Å². The van der Waals surface area contributed by atoms with E-state index in [1.807, 2.05) is 6.92 Å². The molecule has 0 saturated heterocycles. The molecular weight excluding hydrogens is 232 g/mol. The van der Waals surface area contributed by atoms with E-state index in [1.54, 1.807) is 24.3 Å². The van der Waals surface area contributed by atoms with Crippen molar-refractivity contribution in [2.75, 3.05) is 19.0 Å². The molecule has 0 amide bonds. The summed E-state index contributed by atoms with van der Waals surface area (Å²) in [4.78, 5) is 18.5. The van der Waals surface area contributed by atoms with Gasteiger partial charge in [0, 0.05) is 12.2 Å². The highest BCUT2D eigenvalue weighted by atomic mass is 16.5. The van der Waals surface area contributed by atoms with Crippen LogP contribution in [0.25, 0.3) is 4.95 Å². The molecule has 2 N–H and O–H groups in total. The Kier molecular flexibility index (Phi) is 5.19. The van der Waals surface area contributed by atoms with E-state index >= 15 is 0 Å². The van der Waals surface area contributed by atoms with Crippen LogP contribution in [0.3, 0.4) is 0 Å². The first-order chi connectivity index (χ1) is 8.71. The SMILES string of the molecule is [C-]#[N+]NC(=NCC)Nc1cccc(C(=O)OC)c1. The Hall–Kier alpha value is -2.55. The Morgan fingerprint density at radius 3 is 2.94 bits per heavy atom. The fourth-order valence-corrected chi connectivity index (χ4v) is 1.29. The summed E-state index contributed by atoms with van der Waals surface area (Å²) in [5, 5.41) is 2.92. The molecule has 0 aliphatic carbocycles. The number of carbonyl (C=O) groups excluding carboxylic acids is 1. The Morgan fingerprint density at radius 2 is 2.33 bits per heavy atom. The van der Waals surface area contributed by atoms with Gasteiger partial charge in [-0.3, -0.25) is 0 Å². The lowest BCUT2D eigenvalue weighted by atomic mass is 10.2. The van der Waals surface area contributed by atoms with Gasteiger partial charge in [-0.2, -0.15) is 11.5 Å². The minimum Gasteiger partial charge on any atom is -0.465 e. The van der Waals surface area contributed by atoms with Crippen molar-refractivity contribution in [1.29, 1.82) is 0 Å². The van der Waals surface area contributed by atoms with E-state index in [0.29, 0.717) is 23.8 Å². The van der Waals surface area contributed by atoms with Crippen LogP contribution in [0.5, 0.6) is 0 Å². The fourth-order valence-electron chi connectivity index (χ4n) is 1.29. The van der Waals surface area contributed by atoms with Gasteiger partial charge in [-0.15, -0.1) is 0 Å². The molecule has 0 aliphatic heterocycles. The molecule has 0 bridgehead atoms. The lowest BCUT2D eigenvalue weighted by Crippen LogP contribution is -2.25. The molecule has 94 valence electrons. The number of guanidine groups is 1. The number of carbonyl (C=O) groups is 1. The van der Waals surface area contributed by atoms with Crippen molar-refractivity contribution >= 4 is 17.6 Å². The van der Waals surface area contributed by atoms with Gasteiger partial charge >= 0.3 is 5.97 Å². The molecule has 0 aromatic heterocycles. The first-order valence-electron chi connectivity index (χ1n) is 5.33. The van der Waals surface area contributed by atoms with Gasteiger partial charge in [0.25, 0.3) is 5.96 Å². The first-order valence-corrected chi connectivity index (χ1v) is 5.33. The van der Waals surface area contributed by atoms with Crippen molar-refractivity contribution in [1.82, 2.24) is 5.43 Å². The molecular formula is C12H14N4O2. The number of benzene rings is 1. The third kappa shape index (κ3) is 3.79. The predicted octanol–water partition coefficient (Wildman–Crippen LogP) is 1.68. The minimum absolute atomic E-state index is 0.342. The molecule has 1 rings (SSSR count). The van der Waals surface area contributed by atoms with Crippen molar-refractivity contribution in [3.63, 3.8) is 0 Å². The summed E-state index contributed by atoms with van der Waals surface area (Å²) in [5.41, 5.74) is 3.49. The average molecular weight is 246 g/mol. The van der Waals surface area contributed by atoms with E-state index in [4.69, 9.17) is 6.57 Å². The normalized spacial score (nSPS) is 10.4. The highest BCUT2D eigenvalue weighted by molar-refractivity contribution is 5.96. The van der Waals surface area contributed by atoms with Crippen molar-refractivity contribution in [3.8, 4) is 0 Å². The van der Waals surface area contributed by atoms with Crippen molar-refractivity contribution < 1.29 is 9.53 Å². The zero-order chi connectivity index (χ0) is 13.4. The molecule has 0 saturated carbocycles. The third-order valence-corrected chi connectivity index (χ3v) is 2.02. The lowest BCUT2D eigenvalue weighted by Gasteiger charge is -2.06. The van der Waals surface area contributed by atoms with Crippen LogP contribution in [-0.2, 0) is 4.74 Å². The maximum Gasteiger partial charge on any atom is 0.337 e. The first kappa shape index (κ1) is 13.5. The second-order valence-corrected chi connectivity index (χ2v) is 3.24. The van der Waals surface area contributed by atoms with E-state index in [9.17, 15) is 4.79 Å². The number of aliphatic imine (C=N–C) groups is 1. The Bertz CT molecular complexity index is 491. The van der Waals surface area contributed by atoms with Crippen LogP contribution in [0.2, 0.25) is 0 Å². The molecule has 0 fully saturated rings. The van der Waals surface area contributed by atoms with Crippen molar-refractivity contribution in [2.24, 2.45) is 4.99 Å². The second-order valence-electron chi connectivity index (χ2n) is 3.24. The van der Waals surface area contributed by atoms with E-state index in [2.05, 4.69) is 25.4 Å². The Balaban J connectivity index is 2.87. The largest absolute Gasteiger partial charge is 0.465 e. The van der Waals surface area contributed by atoms with Crippen LogP contribution < -0.4 is 10.7 Å². The minimum atomic E-state index is -0.411. The molecule has 0 atom stereocenters. The second kappa shape index (κ2) is 6.91. The number of rotatable bonds is 3. The van der Waals surface area contributed by atoms with Crippen LogP contribution in [0.4, 0.5) is 5.69 Å². The topological polar surface area (TPSA) is 67.1 Å². The Morgan fingerprint density at radius 1 is 1.56 bits per heavy atom. The molecule has 0 unspecified atom stereocenters. The van der Waals surface area contributed by atoms with E-state index in [-0.39, 0.29) is 0 Å². The highest BCUT2D eigenvalue weighted by Gasteiger charge is 2.07. The lowest BCUT2D eigenvalue weighted by molar-refractivity contribution is 0.0601. The monoisotopic (exact) mass is 246 g/mol. The van der Waals surface area contributed by atoms with Gasteiger partial charge in [0.1, 0.15) is 0 Å². The molecule has 18 heavy (non-hydrogen) atoms.